The molecule has 0 saturated carbocycles. The Morgan fingerprint density at radius 1 is 0.763 bits per heavy atom. The van der Waals surface area contributed by atoms with E-state index in [1.54, 1.807) is 36.4 Å². The first-order valence-electron chi connectivity index (χ1n) is 16.7. The number of aliphatic imine (C=N–C) groups is 1. The zero-order chi connectivity index (χ0) is 44.9. The van der Waals surface area contributed by atoms with Crippen molar-refractivity contribution in [2.24, 2.45) is 4.99 Å². The normalized spacial score (nSPS) is 16.9. The molecule has 1 amide bonds. The number of benzene rings is 2. The second-order valence-corrected chi connectivity index (χ2v) is 12.8. The van der Waals surface area contributed by atoms with Gasteiger partial charge in [0.05, 0.1) is 13.0 Å². The quantitative estimate of drug-likeness (QED) is 0.164. The second-order valence-electron chi connectivity index (χ2n) is 12.8. The second kappa shape index (κ2) is 17.7. The Morgan fingerprint density at radius 3 is 1.93 bits per heavy atom. The largest absolute Gasteiger partial charge is 0.464 e. The highest BCUT2D eigenvalue weighted by atomic mass is 19.4. The van der Waals surface area contributed by atoms with Gasteiger partial charge >= 0.3 is 53.6 Å². The molecule has 2 bridgehead atoms. The average molecular weight is 879 g/mol. The number of esters is 1. The van der Waals surface area contributed by atoms with Crippen molar-refractivity contribution >= 4 is 29.2 Å². The molecule has 0 radical (unpaired) electrons. The van der Waals surface area contributed by atoms with Crippen LogP contribution in [0.1, 0.15) is 36.0 Å². The minimum absolute atomic E-state index is 0.143. The maximum Gasteiger partial charge on any atom is 0.460 e. The number of amides is 1. The van der Waals surface area contributed by atoms with Gasteiger partial charge in [-0.1, -0.05) is 43.0 Å². The zero-order valence-corrected chi connectivity index (χ0v) is 29.8. The maximum atomic E-state index is 14.4. The summed E-state index contributed by atoms with van der Waals surface area (Å²) in [4.78, 5) is 31.4. The van der Waals surface area contributed by atoms with Gasteiger partial charge < -0.3 is 20.3 Å². The molecule has 0 spiro atoms. The number of halogens is 17. The number of nitrogens with zero attached hydrogens (tertiary/aromatic N) is 2. The van der Waals surface area contributed by atoms with Gasteiger partial charge in [-0.2, -0.15) is 74.6 Å². The fourth-order valence-electron chi connectivity index (χ4n) is 4.98. The number of guanidine groups is 1. The van der Waals surface area contributed by atoms with Gasteiger partial charge in [0, 0.05) is 30.0 Å². The Hall–Kier alpha value is -5.06. The third-order valence-corrected chi connectivity index (χ3v) is 8.28. The highest BCUT2D eigenvalue weighted by molar-refractivity contribution is 6.04. The van der Waals surface area contributed by atoms with Gasteiger partial charge in [0.25, 0.3) is 5.91 Å². The van der Waals surface area contributed by atoms with E-state index in [2.05, 4.69) is 26.9 Å². The van der Waals surface area contributed by atoms with Crippen LogP contribution in [0.4, 0.5) is 86.0 Å². The molecule has 0 saturated heterocycles. The molecule has 2 aromatic rings. The summed E-state index contributed by atoms with van der Waals surface area (Å²) < 4.78 is 235. The van der Waals surface area contributed by atoms with Crippen LogP contribution >= 0.6 is 0 Å². The number of rotatable bonds is 12. The summed E-state index contributed by atoms with van der Waals surface area (Å²) in [5.41, 5.74) is 0.922. The van der Waals surface area contributed by atoms with Gasteiger partial charge in [-0.05, 0) is 55.2 Å². The smallest absolute Gasteiger partial charge is 0.460 e. The third-order valence-electron chi connectivity index (χ3n) is 8.28. The molecular formula is C35H31F17N4O3. The number of hydrogen-bond donors (Lipinski definition) is 2. The van der Waals surface area contributed by atoms with Crippen LogP contribution in [-0.4, -0.2) is 96.6 Å². The Balaban J connectivity index is 1.82. The van der Waals surface area contributed by atoms with E-state index in [0.29, 0.717) is 36.4 Å². The van der Waals surface area contributed by atoms with Crippen LogP contribution in [0.2, 0.25) is 0 Å². The molecule has 328 valence electrons. The molecule has 0 atom stereocenters. The number of alkyl halides is 17. The summed E-state index contributed by atoms with van der Waals surface area (Å²) >= 11 is 0. The highest BCUT2D eigenvalue weighted by Gasteiger charge is 2.95. The highest BCUT2D eigenvalue weighted by Crippen LogP contribution is 2.64. The van der Waals surface area contributed by atoms with Crippen molar-refractivity contribution in [1.29, 1.82) is 0 Å². The van der Waals surface area contributed by atoms with E-state index in [4.69, 9.17) is 0 Å². The van der Waals surface area contributed by atoms with Crippen LogP contribution in [-0.2, 0) is 9.53 Å². The standard InChI is InChI=1S/C35H31F17N4O3/c1-21-10-5-2-3-8-16-53-27(54-23-12-6-4-7-13-23)55-24-14-9-11-22(18-24)26(58)56(19-21)20-25(57)59-17-15-28(36,37)29(38,39)30(40,41)31(42,43)32(44,45)33(46,47)34(48,49)35(50,51)52/h4-7,9-14,18H,1-3,8,15-17,19-20H2,(H2,53,54,55)/b10-5-. The van der Waals surface area contributed by atoms with E-state index in [1.165, 1.54) is 30.3 Å². The van der Waals surface area contributed by atoms with Crippen molar-refractivity contribution in [3.8, 4) is 0 Å². The molecular weight excluding hydrogens is 847 g/mol. The molecule has 2 aromatic carbocycles. The molecule has 7 nitrogen and oxygen atoms in total. The minimum atomic E-state index is -8.76. The van der Waals surface area contributed by atoms with E-state index in [-0.39, 0.29) is 22.8 Å². The van der Waals surface area contributed by atoms with E-state index < -0.39 is 85.6 Å². The third kappa shape index (κ3) is 10.0. The number of allylic oxidation sites excluding steroid dienone is 1. The van der Waals surface area contributed by atoms with Crippen molar-refractivity contribution in [3.05, 3.63) is 84.5 Å². The monoisotopic (exact) mass is 878 g/mol. The Kier molecular flexibility index (Phi) is 14.5. The van der Waals surface area contributed by atoms with Crippen molar-refractivity contribution < 1.29 is 89.0 Å². The summed E-state index contributed by atoms with van der Waals surface area (Å²) in [6.07, 6.45) is -6.04. The molecule has 0 fully saturated rings. The number of fused-ring (bicyclic) bond motifs is 2. The van der Waals surface area contributed by atoms with E-state index in [1.807, 2.05) is 0 Å². The predicted octanol–water partition coefficient (Wildman–Crippen LogP) is 10.2. The molecule has 59 heavy (non-hydrogen) atoms. The zero-order valence-electron chi connectivity index (χ0n) is 29.8. The Labute approximate surface area is 323 Å². The summed E-state index contributed by atoms with van der Waals surface area (Å²) in [7, 11) is 0. The molecule has 1 heterocycles. The fourth-order valence-corrected chi connectivity index (χ4v) is 4.98. The molecule has 3 rings (SSSR count). The number of carbonyl (C=O) groups excluding carboxylic acids is 2. The van der Waals surface area contributed by atoms with Crippen molar-refractivity contribution in [3.63, 3.8) is 0 Å². The first-order valence-corrected chi connectivity index (χ1v) is 16.7. The van der Waals surface area contributed by atoms with Gasteiger partial charge in [0.1, 0.15) is 6.54 Å². The Bertz CT molecular complexity index is 1870. The summed E-state index contributed by atoms with van der Waals surface area (Å²) in [6, 6.07) is 14.2. The van der Waals surface area contributed by atoms with Gasteiger partial charge in [0.15, 0.2) is 5.96 Å². The van der Waals surface area contributed by atoms with Crippen molar-refractivity contribution in [1.82, 2.24) is 4.90 Å². The lowest BCUT2D eigenvalue weighted by Crippen LogP contribution is -2.74. The van der Waals surface area contributed by atoms with Crippen LogP contribution < -0.4 is 10.6 Å². The summed E-state index contributed by atoms with van der Waals surface area (Å²) in [5, 5.41) is 6.06. The summed E-state index contributed by atoms with van der Waals surface area (Å²) in [5.74, 6) is -60.0. The number of ether oxygens (including phenoxy) is 1. The van der Waals surface area contributed by atoms with Crippen LogP contribution in [0.3, 0.4) is 0 Å². The number of para-hydroxylation sites is 1. The summed E-state index contributed by atoms with van der Waals surface area (Å²) in [6.45, 7) is 0.233. The fraction of sp³-hybridized carbons (Fsp3) is 0.457. The maximum absolute atomic E-state index is 14.4. The van der Waals surface area contributed by atoms with E-state index in [0.717, 1.165) is 0 Å². The van der Waals surface area contributed by atoms with Crippen molar-refractivity contribution in [2.75, 3.05) is 36.9 Å². The van der Waals surface area contributed by atoms with Crippen molar-refractivity contribution in [2.45, 2.75) is 73.3 Å². The molecule has 0 aliphatic carbocycles. The lowest BCUT2D eigenvalue weighted by atomic mass is 9.88. The van der Waals surface area contributed by atoms with Gasteiger partial charge in [-0.25, -0.2) is 0 Å². The SMILES string of the molecule is C=C1/C=C\CCCCN=C(Nc2ccccc2)Nc2cccc(c2)C(=O)N(CC(=O)OCCC(F)(F)C(F)(F)C(F)(F)C(F)(F)C(F)(F)C(F)(F)C(F)(F)C(F)(F)F)C1. The van der Waals surface area contributed by atoms with Gasteiger partial charge in [-0.3, -0.25) is 14.6 Å². The molecule has 0 unspecified atom stereocenters. The number of nitrogens with one attached hydrogen (secondary N) is 2. The number of carbonyl (C=O) groups is 2. The van der Waals surface area contributed by atoms with Gasteiger partial charge in [0.2, 0.25) is 0 Å². The molecule has 0 aromatic heterocycles. The number of hydrogen-bond acceptors (Lipinski definition) is 6. The first kappa shape index (κ1) is 48.3. The van der Waals surface area contributed by atoms with Crippen LogP contribution in [0.25, 0.3) is 0 Å². The lowest BCUT2D eigenvalue weighted by molar-refractivity contribution is -0.461. The van der Waals surface area contributed by atoms with Crippen LogP contribution in [0.5, 0.6) is 0 Å². The Morgan fingerprint density at radius 2 is 1.34 bits per heavy atom. The molecule has 1 aliphatic heterocycles. The molecule has 2 N–H and O–H groups in total. The molecule has 24 heteroatoms. The minimum Gasteiger partial charge on any atom is -0.464 e. The number of anilines is 2. The van der Waals surface area contributed by atoms with Crippen LogP contribution in [0.15, 0.2) is 83.9 Å². The van der Waals surface area contributed by atoms with Crippen LogP contribution in [0, 0.1) is 0 Å². The average Bonchev–Trinajstić information content (AvgIpc) is 3.13. The van der Waals surface area contributed by atoms with E-state index >= 15 is 0 Å². The predicted molar refractivity (Wildman–Crippen MR) is 177 cm³/mol. The lowest BCUT2D eigenvalue weighted by Gasteiger charge is -2.42. The van der Waals surface area contributed by atoms with Gasteiger partial charge in [-0.15, -0.1) is 0 Å². The van der Waals surface area contributed by atoms with E-state index in [9.17, 15) is 84.2 Å². The molecule has 1 aliphatic rings. The topological polar surface area (TPSA) is 83.0 Å². The first-order chi connectivity index (χ1) is 26.9.